The third-order valence-corrected chi connectivity index (χ3v) is 8.09. The van der Waals surface area contributed by atoms with E-state index in [4.69, 9.17) is 0 Å². The second-order valence-electron chi connectivity index (χ2n) is 10.7. The van der Waals surface area contributed by atoms with Crippen LogP contribution in [0.2, 0.25) is 0 Å². The molecule has 0 aliphatic heterocycles. The first-order valence-corrected chi connectivity index (χ1v) is 14.1. The molecule has 40 heavy (non-hydrogen) atoms. The van der Waals surface area contributed by atoms with E-state index in [0.29, 0.717) is 5.92 Å². The molecule has 1 atom stereocenters. The van der Waals surface area contributed by atoms with Gasteiger partial charge in [0.25, 0.3) is 0 Å². The summed E-state index contributed by atoms with van der Waals surface area (Å²) in [6, 6.07) is 54.8. The molecule has 0 fully saturated rings. The van der Waals surface area contributed by atoms with Crippen LogP contribution in [0.25, 0.3) is 33.4 Å². The number of hydrogen-bond donors (Lipinski definition) is 1. The van der Waals surface area contributed by atoms with Crippen molar-refractivity contribution in [3.8, 4) is 33.4 Å². The lowest BCUT2D eigenvalue weighted by Crippen LogP contribution is -2.13. The topological polar surface area (TPSA) is 12.0 Å². The van der Waals surface area contributed by atoms with Gasteiger partial charge in [0.1, 0.15) is 0 Å². The summed E-state index contributed by atoms with van der Waals surface area (Å²) in [5.41, 5.74) is 14.2. The van der Waals surface area contributed by atoms with Crippen LogP contribution in [-0.4, -0.2) is 0 Å². The highest BCUT2D eigenvalue weighted by Crippen LogP contribution is 2.42. The van der Waals surface area contributed by atoms with Crippen molar-refractivity contribution < 1.29 is 0 Å². The second-order valence-corrected chi connectivity index (χ2v) is 10.7. The molecule has 0 saturated heterocycles. The van der Waals surface area contributed by atoms with Gasteiger partial charge < -0.3 is 5.32 Å². The Hall–Kier alpha value is -4.88. The normalized spacial score (nSPS) is 13.8. The Morgan fingerprint density at radius 3 is 1.73 bits per heavy atom. The number of nitrogens with one attached hydrogen (secondary N) is 1. The molecule has 0 spiro atoms. The van der Waals surface area contributed by atoms with Gasteiger partial charge >= 0.3 is 0 Å². The molecule has 0 heterocycles. The van der Waals surface area contributed by atoms with Crippen LogP contribution in [0.5, 0.6) is 0 Å². The maximum atomic E-state index is 3.55. The quantitative estimate of drug-likeness (QED) is 0.234. The van der Waals surface area contributed by atoms with Crippen LogP contribution in [0.1, 0.15) is 22.6 Å². The van der Waals surface area contributed by atoms with Gasteiger partial charge in [-0.15, -0.1) is 0 Å². The van der Waals surface area contributed by atoms with E-state index in [1.165, 1.54) is 50.1 Å². The van der Waals surface area contributed by atoms with E-state index in [1.807, 2.05) is 0 Å². The average molecular weight is 514 g/mol. The fourth-order valence-electron chi connectivity index (χ4n) is 6.03. The Balaban J connectivity index is 1.10. The largest absolute Gasteiger partial charge is 0.356 e. The standard InChI is InChI=1S/C39H31N/c1-3-9-28(10-4-1)25-34-26-33-16-15-32(27-39(33)38-14-8-7-13-37(34)38)31-19-23-36(24-20-31)40-35-21-17-30(18-22-35)29-11-5-2-6-12-29/h1-24,27,34,40H,25-26H2. The monoisotopic (exact) mass is 513 g/mol. The van der Waals surface area contributed by atoms with E-state index in [-0.39, 0.29) is 0 Å². The first-order chi connectivity index (χ1) is 19.8. The van der Waals surface area contributed by atoms with Crippen molar-refractivity contribution in [2.24, 2.45) is 0 Å². The van der Waals surface area contributed by atoms with Gasteiger partial charge in [-0.25, -0.2) is 0 Å². The van der Waals surface area contributed by atoms with Crippen molar-refractivity contribution in [3.05, 3.63) is 168 Å². The van der Waals surface area contributed by atoms with Gasteiger partial charge in [-0.2, -0.15) is 0 Å². The number of benzene rings is 6. The molecule has 192 valence electrons. The Labute approximate surface area is 236 Å². The minimum Gasteiger partial charge on any atom is -0.356 e. The SMILES string of the molecule is c1ccc(CC2Cc3ccc(-c4ccc(Nc5ccc(-c6ccccc6)cc5)cc4)cc3-c3ccccc32)cc1. The van der Waals surface area contributed by atoms with E-state index in [1.54, 1.807) is 0 Å². The van der Waals surface area contributed by atoms with Crippen LogP contribution in [0.4, 0.5) is 11.4 Å². The average Bonchev–Trinajstić information content (AvgIpc) is 3.03. The lowest BCUT2D eigenvalue weighted by molar-refractivity contribution is 0.673. The van der Waals surface area contributed by atoms with Crippen LogP contribution in [0.15, 0.2) is 152 Å². The highest BCUT2D eigenvalue weighted by atomic mass is 14.9. The molecular formula is C39H31N. The molecular weight excluding hydrogens is 482 g/mol. The molecule has 6 aromatic carbocycles. The molecule has 1 aliphatic rings. The van der Waals surface area contributed by atoms with Gasteiger partial charge in [0.2, 0.25) is 0 Å². The van der Waals surface area contributed by atoms with Crippen molar-refractivity contribution in [3.63, 3.8) is 0 Å². The van der Waals surface area contributed by atoms with Crippen LogP contribution < -0.4 is 5.32 Å². The molecule has 1 nitrogen and oxygen atoms in total. The van der Waals surface area contributed by atoms with Gasteiger partial charge in [0.05, 0.1) is 0 Å². The van der Waals surface area contributed by atoms with Crippen molar-refractivity contribution in [2.75, 3.05) is 5.32 Å². The molecule has 1 heteroatoms. The Bertz CT molecular complexity index is 1730. The summed E-state index contributed by atoms with van der Waals surface area (Å²) in [5.74, 6) is 0.504. The molecule has 1 aliphatic carbocycles. The predicted molar refractivity (Wildman–Crippen MR) is 169 cm³/mol. The van der Waals surface area contributed by atoms with E-state index in [9.17, 15) is 0 Å². The minimum absolute atomic E-state index is 0.504. The van der Waals surface area contributed by atoms with E-state index < -0.39 is 0 Å². The van der Waals surface area contributed by atoms with Gasteiger partial charge in [-0.05, 0) is 99.2 Å². The van der Waals surface area contributed by atoms with Crippen molar-refractivity contribution in [1.82, 2.24) is 0 Å². The lowest BCUT2D eigenvalue weighted by atomic mass is 9.75. The lowest BCUT2D eigenvalue weighted by Gasteiger charge is -2.28. The summed E-state index contributed by atoms with van der Waals surface area (Å²) in [5, 5.41) is 3.55. The molecule has 0 amide bonds. The Morgan fingerprint density at radius 2 is 1.02 bits per heavy atom. The second kappa shape index (κ2) is 10.7. The zero-order chi connectivity index (χ0) is 26.7. The smallest absolute Gasteiger partial charge is 0.0384 e. The van der Waals surface area contributed by atoms with Crippen LogP contribution in [0.3, 0.4) is 0 Å². The molecule has 0 radical (unpaired) electrons. The maximum Gasteiger partial charge on any atom is 0.0384 e. The fraction of sp³-hybridized carbons (Fsp3) is 0.0769. The van der Waals surface area contributed by atoms with Crippen LogP contribution >= 0.6 is 0 Å². The summed E-state index contributed by atoms with van der Waals surface area (Å²) in [4.78, 5) is 0. The third-order valence-electron chi connectivity index (χ3n) is 8.09. The number of rotatable bonds is 6. The molecule has 1 N–H and O–H groups in total. The summed E-state index contributed by atoms with van der Waals surface area (Å²) < 4.78 is 0. The summed E-state index contributed by atoms with van der Waals surface area (Å²) in [6.07, 6.45) is 2.15. The van der Waals surface area contributed by atoms with Gasteiger partial charge in [0.15, 0.2) is 0 Å². The summed E-state index contributed by atoms with van der Waals surface area (Å²) >= 11 is 0. The van der Waals surface area contributed by atoms with Crippen molar-refractivity contribution in [1.29, 1.82) is 0 Å². The highest BCUT2D eigenvalue weighted by Gasteiger charge is 2.25. The number of hydrogen-bond acceptors (Lipinski definition) is 1. The van der Waals surface area contributed by atoms with E-state index in [0.717, 1.165) is 24.2 Å². The Kier molecular flexibility index (Phi) is 6.47. The molecule has 7 rings (SSSR count). The van der Waals surface area contributed by atoms with Crippen LogP contribution in [0, 0.1) is 0 Å². The Morgan fingerprint density at radius 1 is 0.475 bits per heavy atom. The summed E-state index contributed by atoms with van der Waals surface area (Å²) in [7, 11) is 0. The maximum absolute atomic E-state index is 3.55. The van der Waals surface area contributed by atoms with Crippen molar-refractivity contribution in [2.45, 2.75) is 18.8 Å². The first kappa shape index (κ1) is 24.2. The zero-order valence-corrected chi connectivity index (χ0v) is 22.4. The van der Waals surface area contributed by atoms with E-state index >= 15 is 0 Å². The molecule has 0 saturated carbocycles. The van der Waals surface area contributed by atoms with Gasteiger partial charge in [-0.1, -0.05) is 121 Å². The highest BCUT2D eigenvalue weighted by molar-refractivity contribution is 5.80. The van der Waals surface area contributed by atoms with Gasteiger partial charge in [0, 0.05) is 11.4 Å². The third kappa shape index (κ3) is 4.95. The molecule has 1 unspecified atom stereocenters. The fourth-order valence-corrected chi connectivity index (χ4v) is 6.03. The van der Waals surface area contributed by atoms with E-state index in [2.05, 4.69) is 157 Å². The zero-order valence-electron chi connectivity index (χ0n) is 22.4. The van der Waals surface area contributed by atoms with Crippen LogP contribution in [-0.2, 0) is 12.8 Å². The predicted octanol–water partition coefficient (Wildman–Crippen LogP) is 10.3. The first-order valence-electron chi connectivity index (χ1n) is 14.1. The number of fused-ring (bicyclic) bond motifs is 3. The van der Waals surface area contributed by atoms with Gasteiger partial charge in [-0.3, -0.25) is 0 Å². The number of anilines is 2. The molecule has 6 aromatic rings. The molecule has 0 bridgehead atoms. The van der Waals surface area contributed by atoms with Crippen molar-refractivity contribution >= 4 is 11.4 Å². The minimum atomic E-state index is 0.504. The summed E-state index contributed by atoms with van der Waals surface area (Å²) in [6.45, 7) is 0. The molecule has 0 aromatic heterocycles.